The Kier molecular flexibility index (Phi) is 7.56. The quantitative estimate of drug-likeness (QED) is 0.632. The zero-order chi connectivity index (χ0) is 22.4. The molecule has 2 aromatic rings. The second kappa shape index (κ2) is 10.2. The molecule has 1 fully saturated rings. The third kappa shape index (κ3) is 5.57. The smallest absolute Gasteiger partial charge is 0.253 e. The average molecular weight is 446 g/mol. The first-order valence-electron chi connectivity index (χ1n) is 10.6. The van der Waals surface area contributed by atoms with Gasteiger partial charge in [-0.2, -0.15) is 0 Å². The number of para-hydroxylation sites is 1. The summed E-state index contributed by atoms with van der Waals surface area (Å²) in [5.41, 5.74) is 2.18. The third-order valence-corrected chi connectivity index (χ3v) is 7.24. The van der Waals surface area contributed by atoms with Crippen molar-refractivity contribution in [3.63, 3.8) is 0 Å². The van der Waals surface area contributed by atoms with Gasteiger partial charge in [0.25, 0.3) is 5.91 Å². The Morgan fingerprint density at radius 1 is 1.10 bits per heavy atom. The zero-order valence-electron chi connectivity index (χ0n) is 18.4. The summed E-state index contributed by atoms with van der Waals surface area (Å²) in [6, 6.07) is 12.5. The van der Waals surface area contributed by atoms with E-state index in [-0.39, 0.29) is 10.8 Å². The summed E-state index contributed by atoms with van der Waals surface area (Å²) in [7, 11) is -0.671. The van der Waals surface area contributed by atoms with Gasteiger partial charge in [-0.25, -0.2) is 12.7 Å². The molecule has 1 heterocycles. The van der Waals surface area contributed by atoms with Crippen LogP contribution in [0.2, 0.25) is 0 Å². The Bertz CT molecular complexity index is 1020. The topological polar surface area (TPSA) is 78.9 Å². The maximum Gasteiger partial charge on any atom is 0.253 e. The Balaban J connectivity index is 1.77. The van der Waals surface area contributed by atoms with Gasteiger partial charge in [0.2, 0.25) is 10.0 Å². The molecule has 0 bridgehead atoms. The van der Waals surface area contributed by atoms with E-state index in [0.29, 0.717) is 18.7 Å². The standard InChI is InChI=1S/C23H31N3O4S/c1-18-9-5-6-10-22(18)30-16-13-24-23(27)20-17-19(31(28,29)25(2)3)11-12-21(20)26-14-7-4-8-15-26/h5-6,9-12,17H,4,7-8,13-16H2,1-3H3,(H,24,27). The normalized spacial score (nSPS) is 14.5. The lowest BCUT2D eigenvalue weighted by atomic mass is 10.1. The fourth-order valence-corrected chi connectivity index (χ4v) is 4.55. The molecule has 0 atom stereocenters. The van der Waals surface area contributed by atoms with Crippen molar-refractivity contribution < 1.29 is 17.9 Å². The summed E-state index contributed by atoms with van der Waals surface area (Å²) >= 11 is 0. The molecule has 0 aliphatic carbocycles. The zero-order valence-corrected chi connectivity index (χ0v) is 19.2. The molecule has 1 amide bonds. The summed E-state index contributed by atoms with van der Waals surface area (Å²) in [4.78, 5) is 15.3. The van der Waals surface area contributed by atoms with Crippen LogP contribution >= 0.6 is 0 Å². The van der Waals surface area contributed by atoms with Crippen molar-refractivity contribution in [3.05, 3.63) is 53.6 Å². The molecule has 0 aromatic heterocycles. The Morgan fingerprint density at radius 3 is 2.48 bits per heavy atom. The van der Waals surface area contributed by atoms with Crippen LogP contribution < -0.4 is 15.0 Å². The molecule has 0 unspecified atom stereocenters. The predicted molar refractivity (Wildman–Crippen MR) is 122 cm³/mol. The van der Waals surface area contributed by atoms with Gasteiger partial charge >= 0.3 is 0 Å². The number of piperidine rings is 1. The number of sulfonamides is 1. The van der Waals surface area contributed by atoms with Gasteiger partial charge in [0.15, 0.2) is 0 Å². The number of anilines is 1. The van der Waals surface area contributed by atoms with E-state index in [2.05, 4.69) is 10.2 Å². The van der Waals surface area contributed by atoms with Crippen LogP contribution in [0.4, 0.5) is 5.69 Å². The highest BCUT2D eigenvalue weighted by molar-refractivity contribution is 7.89. The van der Waals surface area contributed by atoms with Crippen LogP contribution in [0.15, 0.2) is 47.4 Å². The van der Waals surface area contributed by atoms with Crippen molar-refractivity contribution in [2.75, 3.05) is 45.2 Å². The number of carbonyl (C=O) groups excluding carboxylic acids is 1. The maximum atomic E-state index is 13.0. The Hall–Kier alpha value is -2.58. The molecule has 0 spiro atoms. The van der Waals surface area contributed by atoms with E-state index in [9.17, 15) is 13.2 Å². The second-order valence-corrected chi connectivity index (χ2v) is 10.0. The van der Waals surface area contributed by atoms with E-state index in [4.69, 9.17) is 4.74 Å². The number of aryl methyl sites for hydroxylation is 1. The van der Waals surface area contributed by atoms with Gasteiger partial charge in [0.05, 0.1) is 17.0 Å². The molecule has 1 aliphatic heterocycles. The van der Waals surface area contributed by atoms with E-state index >= 15 is 0 Å². The lowest BCUT2D eigenvalue weighted by molar-refractivity contribution is 0.0947. The van der Waals surface area contributed by atoms with Crippen LogP contribution in [0, 0.1) is 6.92 Å². The molecule has 0 saturated carbocycles. The number of hydrogen-bond donors (Lipinski definition) is 1. The minimum atomic E-state index is -3.64. The van der Waals surface area contributed by atoms with Crippen LogP contribution in [0.25, 0.3) is 0 Å². The fourth-order valence-electron chi connectivity index (χ4n) is 3.62. The molecular weight excluding hydrogens is 414 g/mol. The van der Waals surface area contributed by atoms with Crippen LogP contribution in [0.5, 0.6) is 5.75 Å². The highest BCUT2D eigenvalue weighted by atomic mass is 32.2. The molecule has 1 saturated heterocycles. The number of rotatable bonds is 8. The van der Waals surface area contributed by atoms with Gasteiger partial charge in [-0.3, -0.25) is 4.79 Å². The lowest BCUT2D eigenvalue weighted by Crippen LogP contribution is -2.34. The van der Waals surface area contributed by atoms with E-state index in [1.165, 1.54) is 26.6 Å². The van der Waals surface area contributed by atoms with Crippen molar-refractivity contribution in [3.8, 4) is 5.75 Å². The largest absolute Gasteiger partial charge is 0.491 e. The van der Waals surface area contributed by atoms with E-state index in [1.807, 2.05) is 31.2 Å². The van der Waals surface area contributed by atoms with Crippen LogP contribution in [-0.4, -0.2) is 59.0 Å². The SMILES string of the molecule is Cc1ccccc1OCCNC(=O)c1cc(S(=O)(=O)N(C)C)ccc1N1CCCCC1. The van der Waals surface area contributed by atoms with Crippen molar-refractivity contribution in [2.45, 2.75) is 31.1 Å². The Morgan fingerprint density at radius 2 is 1.81 bits per heavy atom. The van der Waals surface area contributed by atoms with Crippen molar-refractivity contribution in [1.82, 2.24) is 9.62 Å². The first kappa shape index (κ1) is 23.1. The number of benzene rings is 2. The summed E-state index contributed by atoms with van der Waals surface area (Å²) in [6.07, 6.45) is 3.29. The monoisotopic (exact) mass is 445 g/mol. The van der Waals surface area contributed by atoms with E-state index in [0.717, 1.165) is 47.2 Å². The molecule has 8 heteroatoms. The number of carbonyl (C=O) groups is 1. The van der Waals surface area contributed by atoms with Crippen LogP contribution in [-0.2, 0) is 10.0 Å². The highest BCUT2D eigenvalue weighted by Gasteiger charge is 2.24. The number of nitrogens with one attached hydrogen (secondary N) is 1. The minimum Gasteiger partial charge on any atom is -0.491 e. The molecule has 168 valence electrons. The second-order valence-electron chi connectivity index (χ2n) is 7.88. The van der Waals surface area contributed by atoms with Gasteiger partial charge in [0, 0.05) is 32.9 Å². The molecule has 0 radical (unpaired) electrons. The van der Waals surface area contributed by atoms with Crippen LogP contribution in [0.1, 0.15) is 35.2 Å². The van der Waals surface area contributed by atoms with Crippen molar-refractivity contribution in [2.24, 2.45) is 0 Å². The molecule has 3 rings (SSSR count). The number of hydrogen-bond acceptors (Lipinski definition) is 5. The van der Waals surface area contributed by atoms with Gasteiger partial charge in [-0.1, -0.05) is 18.2 Å². The fraction of sp³-hybridized carbons (Fsp3) is 0.435. The highest BCUT2D eigenvalue weighted by Crippen LogP contribution is 2.28. The number of ether oxygens (including phenoxy) is 1. The minimum absolute atomic E-state index is 0.111. The van der Waals surface area contributed by atoms with Crippen molar-refractivity contribution >= 4 is 21.6 Å². The summed E-state index contributed by atoms with van der Waals surface area (Å²) in [5, 5.41) is 2.88. The first-order chi connectivity index (χ1) is 14.8. The summed E-state index contributed by atoms with van der Waals surface area (Å²) < 4.78 is 32.1. The number of nitrogens with zero attached hydrogens (tertiary/aromatic N) is 2. The van der Waals surface area contributed by atoms with E-state index in [1.54, 1.807) is 12.1 Å². The van der Waals surface area contributed by atoms with Gasteiger partial charge in [0.1, 0.15) is 12.4 Å². The first-order valence-corrected chi connectivity index (χ1v) is 12.0. The molecule has 31 heavy (non-hydrogen) atoms. The molecule has 1 aliphatic rings. The molecule has 2 aromatic carbocycles. The third-order valence-electron chi connectivity index (χ3n) is 5.43. The van der Waals surface area contributed by atoms with Gasteiger partial charge in [-0.05, 0) is 56.0 Å². The summed E-state index contributed by atoms with van der Waals surface area (Å²) in [6.45, 7) is 4.32. The lowest BCUT2D eigenvalue weighted by Gasteiger charge is -2.30. The van der Waals surface area contributed by atoms with Crippen LogP contribution in [0.3, 0.4) is 0 Å². The van der Waals surface area contributed by atoms with Gasteiger partial charge in [-0.15, -0.1) is 0 Å². The van der Waals surface area contributed by atoms with E-state index < -0.39 is 10.0 Å². The Labute approximate surface area is 185 Å². The predicted octanol–water partition coefficient (Wildman–Crippen LogP) is 3.04. The van der Waals surface area contributed by atoms with Gasteiger partial charge < -0.3 is 15.0 Å². The number of amides is 1. The molecular formula is C23H31N3O4S. The average Bonchev–Trinajstić information content (AvgIpc) is 2.77. The summed E-state index contributed by atoms with van der Waals surface area (Å²) in [5.74, 6) is 0.481. The maximum absolute atomic E-state index is 13.0. The van der Waals surface area contributed by atoms with Crippen molar-refractivity contribution in [1.29, 1.82) is 0 Å². The molecule has 7 nitrogen and oxygen atoms in total. The molecule has 1 N–H and O–H groups in total.